The van der Waals surface area contributed by atoms with Gasteiger partial charge in [-0.3, -0.25) is 4.55 Å². The molecule has 0 spiro atoms. The third-order valence-corrected chi connectivity index (χ3v) is 5.05. The predicted octanol–water partition coefficient (Wildman–Crippen LogP) is -6.37. The van der Waals surface area contributed by atoms with E-state index in [1.807, 2.05) is 0 Å². The Morgan fingerprint density at radius 2 is 1.30 bits per heavy atom. The summed E-state index contributed by atoms with van der Waals surface area (Å²) in [4.78, 5) is 19.7. The number of carboxylic acid groups (broad SMARTS) is 2. The van der Waals surface area contributed by atoms with Crippen LogP contribution in [0.25, 0.3) is 0 Å². The maximum atomic E-state index is 10.2. The first kappa shape index (κ1) is 38.1. The minimum atomic E-state index is -4.94. The Bertz CT molecular complexity index is 492. The molecule has 0 bridgehead atoms. The summed E-state index contributed by atoms with van der Waals surface area (Å²) in [6.07, 6.45) is 12.5. The Kier molecular flexibility index (Phi) is 33.0. The van der Waals surface area contributed by atoms with Gasteiger partial charge in [0.2, 0.25) is 0 Å². The van der Waals surface area contributed by atoms with Crippen molar-refractivity contribution in [3.63, 3.8) is 0 Å². The molecular weight excluding hydrogens is 436 g/mol. The van der Waals surface area contributed by atoms with E-state index in [0.29, 0.717) is 0 Å². The summed E-state index contributed by atoms with van der Waals surface area (Å²) in [7, 11) is -4.94. The number of aliphatic hydroxyl groups is 1. The van der Waals surface area contributed by atoms with Crippen LogP contribution in [0.4, 0.5) is 0 Å². The predicted molar refractivity (Wildman–Crippen MR) is 102 cm³/mol. The van der Waals surface area contributed by atoms with Crippen molar-refractivity contribution < 1.29 is 97.0 Å². The van der Waals surface area contributed by atoms with Gasteiger partial charge >= 0.3 is 59.1 Å². The first-order chi connectivity index (χ1) is 13.2. The van der Waals surface area contributed by atoms with Gasteiger partial charge in [-0.05, 0) is 13.0 Å². The smallest absolute Gasteiger partial charge is 0.550 e. The monoisotopic (exact) mass is 471 g/mol. The number of hydrogen-bond donors (Lipinski definition) is 3. The number of carboxylic acids is 2. The van der Waals surface area contributed by atoms with E-state index in [2.05, 4.69) is 12.2 Å². The zero-order valence-electron chi connectivity index (χ0n) is 18.7. The zero-order valence-corrected chi connectivity index (χ0v) is 23.5. The molecule has 0 aromatic carbocycles. The molecule has 0 radical (unpaired) electrons. The van der Waals surface area contributed by atoms with Gasteiger partial charge in [-0.2, -0.15) is 8.42 Å². The molecule has 1 atom stereocenters. The SMILES string of the molecule is CCCCCCCCCCCCNCCO.O=C([O-])CC(C(=O)[O-])S(=O)(=O)O.[Na+].[Na+]. The van der Waals surface area contributed by atoms with Crippen LogP contribution in [0.3, 0.4) is 0 Å². The molecule has 9 nitrogen and oxygen atoms in total. The average Bonchev–Trinajstić information content (AvgIpc) is 2.60. The maximum absolute atomic E-state index is 10.2. The van der Waals surface area contributed by atoms with Gasteiger partial charge in [-0.25, -0.2) is 0 Å². The molecule has 0 aliphatic heterocycles. The van der Waals surface area contributed by atoms with E-state index in [0.717, 1.165) is 13.1 Å². The zero-order chi connectivity index (χ0) is 21.8. The van der Waals surface area contributed by atoms with Crippen LogP contribution in [0.2, 0.25) is 0 Å². The third kappa shape index (κ3) is 28.8. The normalized spacial score (nSPS) is 11.3. The molecule has 1 unspecified atom stereocenters. The van der Waals surface area contributed by atoms with Crippen molar-refractivity contribution >= 4 is 22.1 Å². The Hall–Kier alpha value is 0.770. The number of carbonyl (C=O) groups excluding carboxylic acids is 2. The van der Waals surface area contributed by atoms with E-state index in [-0.39, 0.29) is 65.7 Å². The largest absolute Gasteiger partial charge is 1.00 e. The summed E-state index contributed by atoms with van der Waals surface area (Å²) in [6, 6.07) is 0. The molecule has 0 rings (SSSR count). The molecule has 0 saturated heterocycles. The van der Waals surface area contributed by atoms with E-state index in [9.17, 15) is 28.2 Å². The molecule has 0 amide bonds. The number of hydrogen-bond acceptors (Lipinski definition) is 8. The van der Waals surface area contributed by atoms with E-state index in [4.69, 9.17) is 9.66 Å². The van der Waals surface area contributed by atoms with Gasteiger partial charge in [-0.15, -0.1) is 0 Å². The van der Waals surface area contributed by atoms with E-state index < -0.39 is 33.7 Å². The first-order valence-electron chi connectivity index (χ1n) is 9.85. The molecule has 0 fully saturated rings. The third-order valence-electron chi connectivity index (χ3n) is 3.97. The molecule has 168 valence electrons. The molecule has 0 saturated carbocycles. The Balaban J connectivity index is -0.000000219. The molecule has 0 heterocycles. The molecule has 30 heavy (non-hydrogen) atoms. The topological polar surface area (TPSA) is 167 Å². The number of nitrogens with one attached hydrogen (secondary N) is 1. The van der Waals surface area contributed by atoms with Gasteiger partial charge in [0.25, 0.3) is 10.1 Å². The fraction of sp³-hybridized carbons (Fsp3) is 0.889. The number of carbonyl (C=O) groups is 2. The van der Waals surface area contributed by atoms with Gasteiger partial charge in [-0.1, -0.05) is 64.7 Å². The summed E-state index contributed by atoms with van der Waals surface area (Å²) in [6.45, 7) is 4.34. The molecule has 3 N–H and O–H groups in total. The molecule has 0 aromatic heterocycles. The van der Waals surface area contributed by atoms with Crippen LogP contribution >= 0.6 is 0 Å². The minimum Gasteiger partial charge on any atom is -0.550 e. The number of aliphatic carboxylic acids is 2. The van der Waals surface area contributed by atoms with Crippen LogP contribution in [-0.2, 0) is 19.7 Å². The second-order valence-electron chi connectivity index (χ2n) is 6.55. The molecule has 0 aliphatic carbocycles. The summed E-state index contributed by atoms with van der Waals surface area (Å²) in [5, 5.41) is 29.0. The summed E-state index contributed by atoms with van der Waals surface area (Å²) in [5.74, 6) is -4.08. The Morgan fingerprint density at radius 1 is 0.867 bits per heavy atom. The summed E-state index contributed by atoms with van der Waals surface area (Å²) < 4.78 is 28.5. The number of aliphatic hydroxyl groups excluding tert-OH is 1. The fourth-order valence-corrected chi connectivity index (χ4v) is 2.99. The van der Waals surface area contributed by atoms with Crippen LogP contribution in [0.15, 0.2) is 0 Å². The van der Waals surface area contributed by atoms with Crippen molar-refractivity contribution in [2.75, 3.05) is 19.7 Å². The van der Waals surface area contributed by atoms with Crippen molar-refractivity contribution in [2.45, 2.75) is 82.8 Å². The Morgan fingerprint density at radius 3 is 1.60 bits per heavy atom. The average molecular weight is 472 g/mol. The van der Waals surface area contributed by atoms with Crippen molar-refractivity contribution in [3.05, 3.63) is 0 Å². The molecule has 12 heteroatoms. The van der Waals surface area contributed by atoms with Gasteiger partial charge in [0.15, 0.2) is 0 Å². The summed E-state index contributed by atoms with van der Waals surface area (Å²) in [5.41, 5.74) is 0. The van der Waals surface area contributed by atoms with Crippen molar-refractivity contribution in [3.8, 4) is 0 Å². The van der Waals surface area contributed by atoms with Gasteiger partial charge in [0.1, 0.15) is 5.25 Å². The minimum absolute atomic E-state index is 0. The number of unbranched alkanes of at least 4 members (excludes halogenated alkanes) is 9. The van der Waals surface area contributed by atoms with Crippen LogP contribution in [0.1, 0.15) is 77.6 Å². The van der Waals surface area contributed by atoms with E-state index in [1.54, 1.807) is 0 Å². The standard InChI is InChI=1S/C14H31NO.C4H6O7S.2Na/c1-2-3-4-5-6-7-8-9-10-11-12-15-13-14-16;5-3(6)1-2(4(7)8)12(9,10)11;;/h15-16H,2-14H2,1H3;2H,1H2,(H,5,6)(H,7,8)(H,9,10,11);;/q;;2*+1/p-2. The fourth-order valence-electron chi connectivity index (χ4n) is 2.40. The Labute approximate surface area is 225 Å². The maximum Gasteiger partial charge on any atom is 1.00 e. The second kappa shape index (κ2) is 26.0. The summed E-state index contributed by atoms with van der Waals surface area (Å²) >= 11 is 0. The van der Waals surface area contributed by atoms with Crippen molar-refractivity contribution in [2.24, 2.45) is 0 Å². The van der Waals surface area contributed by atoms with Crippen LogP contribution in [0.5, 0.6) is 0 Å². The second-order valence-corrected chi connectivity index (χ2v) is 8.15. The van der Waals surface area contributed by atoms with E-state index >= 15 is 0 Å². The van der Waals surface area contributed by atoms with Gasteiger partial charge < -0.3 is 30.2 Å². The number of rotatable bonds is 17. The van der Waals surface area contributed by atoms with Gasteiger partial charge in [0, 0.05) is 18.9 Å². The van der Waals surface area contributed by atoms with Crippen LogP contribution < -0.4 is 74.6 Å². The molecule has 0 aliphatic rings. The van der Waals surface area contributed by atoms with Crippen molar-refractivity contribution in [1.29, 1.82) is 0 Å². The van der Waals surface area contributed by atoms with E-state index in [1.165, 1.54) is 64.2 Å². The quantitative estimate of drug-likeness (QED) is 0.106. The van der Waals surface area contributed by atoms with Gasteiger partial charge in [0.05, 0.1) is 12.6 Å². The molecule has 0 aromatic rings. The van der Waals surface area contributed by atoms with Crippen LogP contribution in [0, 0.1) is 0 Å². The first-order valence-corrected chi connectivity index (χ1v) is 11.4. The van der Waals surface area contributed by atoms with Crippen molar-refractivity contribution in [1.82, 2.24) is 5.32 Å². The van der Waals surface area contributed by atoms with Crippen LogP contribution in [-0.4, -0.2) is 55.0 Å². The molecular formula is C18H35NNa2O8S.